The number of rotatable bonds is 3. The monoisotopic (exact) mass is 188 g/mol. The van der Waals surface area contributed by atoms with Crippen LogP contribution in [0.1, 0.15) is 27.2 Å². The molecule has 1 saturated heterocycles. The van der Waals surface area contributed by atoms with E-state index in [-0.39, 0.29) is 12.1 Å². The van der Waals surface area contributed by atoms with Crippen LogP contribution in [0, 0.1) is 0 Å². The molecule has 1 unspecified atom stereocenters. The van der Waals surface area contributed by atoms with E-state index in [9.17, 15) is 4.79 Å². The number of ether oxygens (including phenoxy) is 3. The molecule has 1 fully saturated rings. The van der Waals surface area contributed by atoms with Crippen molar-refractivity contribution < 1.29 is 19.0 Å². The highest BCUT2D eigenvalue weighted by Crippen LogP contribution is 2.23. The van der Waals surface area contributed by atoms with Crippen LogP contribution in [-0.4, -0.2) is 31.1 Å². The van der Waals surface area contributed by atoms with Crippen molar-refractivity contribution in [3.05, 3.63) is 0 Å². The summed E-state index contributed by atoms with van der Waals surface area (Å²) in [6.07, 6.45) is 0.748. The van der Waals surface area contributed by atoms with Gasteiger partial charge in [-0.15, -0.1) is 0 Å². The minimum atomic E-state index is -0.485. The Morgan fingerprint density at radius 1 is 1.62 bits per heavy atom. The summed E-state index contributed by atoms with van der Waals surface area (Å²) in [7, 11) is 0. The summed E-state index contributed by atoms with van der Waals surface area (Å²) in [5.74, 6) is -0.737. The lowest BCUT2D eigenvalue weighted by Crippen LogP contribution is -2.22. The standard InChI is InChI=1S/C9H16O4/c1-7(10)11-5-4-8-6-12-9(2,3)13-8/h8H,4-6H2,1-3H3. The highest BCUT2D eigenvalue weighted by molar-refractivity contribution is 5.65. The molecule has 0 radical (unpaired) electrons. The fraction of sp³-hybridized carbons (Fsp3) is 0.889. The third-order valence-corrected chi connectivity index (χ3v) is 1.81. The highest BCUT2D eigenvalue weighted by Gasteiger charge is 2.32. The molecule has 0 spiro atoms. The molecule has 0 amide bonds. The topological polar surface area (TPSA) is 44.8 Å². The Labute approximate surface area is 78.2 Å². The van der Waals surface area contributed by atoms with Crippen LogP contribution < -0.4 is 0 Å². The second kappa shape index (κ2) is 4.07. The van der Waals surface area contributed by atoms with Gasteiger partial charge < -0.3 is 14.2 Å². The zero-order valence-electron chi connectivity index (χ0n) is 8.33. The van der Waals surface area contributed by atoms with Crippen LogP contribution in [-0.2, 0) is 19.0 Å². The van der Waals surface area contributed by atoms with Crippen molar-refractivity contribution in [3.8, 4) is 0 Å². The number of hydrogen-bond donors (Lipinski definition) is 0. The van der Waals surface area contributed by atoms with E-state index < -0.39 is 5.79 Å². The Kier molecular flexibility index (Phi) is 3.27. The molecule has 0 aromatic carbocycles. The van der Waals surface area contributed by atoms with E-state index >= 15 is 0 Å². The molecular formula is C9H16O4. The fourth-order valence-electron chi connectivity index (χ4n) is 1.24. The maximum Gasteiger partial charge on any atom is 0.302 e. The third kappa shape index (κ3) is 3.74. The smallest absolute Gasteiger partial charge is 0.302 e. The van der Waals surface area contributed by atoms with E-state index in [1.807, 2.05) is 13.8 Å². The van der Waals surface area contributed by atoms with Crippen molar-refractivity contribution in [2.45, 2.75) is 39.1 Å². The summed E-state index contributed by atoms with van der Waals surface area (Å²) in [6, 6.07) is 0. The molecule has 4 heteroatoms. The van der Waals surface area contributed by atoms with Gasteiger partial charge in [0.2, 0.25) is 0 Å². The van der Waals surface area contributed by atoms with Gasteiger partial charge in [-0.3, -0.25) is 4.79 Å². The van der Waals surface area contributed by atoms with Crippen molar-refractivity contribution in [1.82, 2.24) is 0 Å². The van der Waals surface area contributed by atoms with Gasteiger partial charge in [0.05, 0.1) is 19.3 Å². The van der Waals surface area contributed by atoms with Crippen LogP contribution in [0.2, 0.25) is 0 Å². The maximum absolute atomic E-state index is 10.5. The SMILES string of the molecule is CC(=O)OCCC1COC(C)(C)O1. The number of carbonyl (C=O) groups is 1. The van der Waals surface area contributed by atoms with Gasteiger partial charge in [0.15, 0.2) is 5.79 Å². The van der Waals surface area contributed by atoms with E-state index in [1.54, 1.807) is 0 Å². The van der Waals surface area contributed by atoms with Crippen molar-refractivity contribution >= 4 is 5.97 Å². The molecule has 1 aliphatic heterocycles. The van der Waals surface area contributed by atoms with E-state index in [4.69, 9.17) is 14.2 Å². The van der Waals surface area contributed by atoms with Gasteiger partial charge in [0.1, 0.15) is 0 Å². The van der Waals surface area contributed by atoms with Gasteiger partial charge in [-0.2, -0.15) is 0 Å². The molecule has 1 aliphatic rings. The zero-order valence-corrected chi connectivity index (χ0v) is 8.33. The molecular weight excluding hydrogens is 172 g/mol. The first-order valence-corrected chi connectivity index (χ1v) is 4.45. The summed E-state index contributed by atoms with van der Waals surface area (Å²) < 4.78 is 15.7. The molecule has 0 aliphatic carbocycles. The Morgan fingerprint density at radius 2 is 2.31 bits per heavy atom. The number of hydrogen-bond acceptors (Lipinski definition) is 4. The summed E-state index contributed by atoms with van der Waals surface area (Å²) in [5, 5.41) is 0. The van der Waals surface area contributed by atoms with Gasteiger partial charge in [0.25, 0.3) is 0 Å². The summed E-state index contributed by atoms with van der Waals surface area (Å²) in [6.45, 7) is 6.13. The first-order valence-electron chi connectivity index (χ1n) is 4.45. The molecule has 1 rings (SSSR count). The molecule has 0 N–H and O–H groups in total. The molecule has 0 bridgehead atoms. The third-order valence-electron chi connectivity index (χ3n) is 1.81. The molecule has 0 aromatic heterocycles. The van der Waals surface area contributed by atoms with Gasteiger partial charge in [-0.1, -0.05) is 0 Å². The Balaban J connectivity index is 2.14. The molecule has 0 saturated carbocycles. The van der Waals surface area contributed by atoms with Gasteiger partial charge in [0, 0.05) is 13.3 Å². The number of carbonyl (C=O) groups excluding carboxylic acids is 1. The average Bonchev–Trinajstić information content (AvgIpc) is 2.29. The lowest BCUT2D eigenvalue weighted by molar-refractivity contribution is -0.146. The van der Waals surface area contributed by atoms with Gasteiger partial charge in [-0.05, 0) is 13.8 Å². The van der Waals surface area contributed by atoms with E-state index in [0.29, 0.717) is 19.6 Å². The van der Waals surface area contributed by atoms with Gasteiger partial charge in [-0.25, -0.2) is 0 Å². The fourth-order valence-corrected chi connectivity index (χ4v) is 1.24. The van der Waals surface area contributed by atoms with Crippen LogP contribution in [0.3, 0.4) is 0 Å². The van der Waals surface area contributed by atoms with Crippen molar-refractivity contribution in [2.75, 3.05) is 13.2 Å². The summed E-state index contributed by atoms with van der Waals surface area (Å²) in [4.78, 5) is 10.5. The zero-order chi connectivity index (χ0) is 9.90. The maximum atomic E-state index is 10.5. The number of esters is 1. The van der Waals surface area contributed by atoms with Crippen molar-refractivity contribution in [2.24, 2.45) is 0 Å². The Morgan fingerprint density at radius 3 is 2.77 bits per heavy atom. The second-order valence-corrected chi connectivity index (χ2v) is 3.58. The summed E-state index contributed by atoms with van der Waals surface area (Å²) >= 11 is 0. The predicted molar refractivity (Wildman–Crippen MR) is 46.2 cm³/mol. The average molecular weight is 188 g/mol. The molecule has 4 nitrogen and oxygen atoms in total. The largest absolute Gasteiger partial charge is 0.466 e. The molecule has 1 atom stereocenters. The van der Waals surface area contributed by atoms with Crippen LogP contribution in [0.25, 0.3) is 0 Å². The lowest BCUT2D eigenvalue weighted by Gasteiger charge is -2.16. The minimum Gasteiger partial charge on any atom is -0.466 e. The first kappa shape index (κ1) is 10.5. The normalized spacial score (nSPS) is 25.9. The van der Waals surface area contributed by atoms with Crippen LogP contribution in [0.4, 0.5) is 0 Å². The van der Waals surface area contributed by atoms with Gasteiger partial charge >= 0.3 is 5.97 Å². The predicted octanol–water partition coefficient (Wildman–Crippen LogP) is 1.09. The van der Waals surface area contributed by atoms with E-state index in [0.717, 1.165) is 0 Å². The van der Waals surface area contributed by atoms with Crippen LogP contribution in [0.15, 0.2) is 0 Å². The first-order chi connectivity index (χ1) is 5.99. The molecule has 0 aromatic rings. The minimum absolute atomic E-state index is 0.0503. The lowest BCUT2D eigenvalue weighted by atomic mass is 10.3. The van der Waals surface area contributed by atoms with Crippen LogP contribution in [0.5, 0.6) is 0 Å². The molecule has 76 valence electrons. The van der Waals surface area contributed by atoms with Crippen LogP contribution >= 0.6 is 0 Å². The Bertz CT molecular complexity index is 188. The van der Waals surface area contributed by atoms with Crippen molar-refractivity contribution in [3.63, 3.8) is 0 Å². The van der Waals surface area contributed by atoms with E-state index in [2.05, 4.69) is 0 Å². The Hall–Kier alpha value is -0.610. The quantitative estimate of drug-likeness (QED) is 0.622. The summed E-state index contributed by atoms with van der Waals surface area (Å²) in [5.41, 5.74) is 0. The second-order valence-electron chi connectivity index (χ2n) is 3.58. The molecule has 13 heavy (non-hydrogen) atoms. The molecule has 1 heterocycles. The highest BCUT2D eigenvalue weighted by atomic mass is 16.7. The van der Waals surface area contributed by atoms with E-state index in [1.165, 1.54) is 6.92 Å². The van der Waals surface area contributed by atoms with Crippen molar-refractivity contribution in [1.29, 1.82) is 0 Å².